The van der Waals surface area contributed by atoms with Crippen molar-refractivity contribution in [2.75, 3.05) is 43.9 Å². The number of benzene rings is 1. The molecule has 0 aliphatic carbocycles. The average molecular weight is 261 g/mol. The molecule has 0 atom stereocenters. The minimum absolute atomic E-state index is 0.631. The third kappa shape index (κ3) is 3.63. The van der Waals surface area contributed by atoms with E-state index in [1.54, 1.807) is 0 Å². The van der Waals surface area contributed by atoms with Crippen LogP contribution in [0.3, 0.4) is 0 Å². The maximum absolute atomic E-state index is 3.71. The Hall–Kier alpha value is -1.22. The molecule has 1 saturated heterocycles. The molecule has 1 aromatic carbocycles. The fraction of sp³-hybridized carbons (Fsp3) is 0.625. The van der Waals surface area contributed by atoms with Gasteiger partial charge in [0.15, 0.2) is 0 Å². The van der Waals surface area contributed by atoms with Gasteiger partial charge in [-0.15, -0.1) is 0 Å². The lowest BCUT2D eigenvalue weighted by atomic mass is 10.0. The maximum Gasteiger partial charge on any atom is 0.0373 e. The molecule has 19 heavy (non-hydrogen) atoms. The van der Waals surface area contributed by atoms with Crippen molar-refractivity contribution in [2.45, 2.75) is 32.7 Å². The summed E-state index contributed by atoms with van der Waals surface area (Å²) in [6, 6.07) is 7.29. The Kier molecular flexibility index (Phi) is 4.70. The highest BCUT2D eigenvalue weighted by molar-refractivity contribution is 5.60. The summed E-state index contributed by atoms with van der Waals surface area (Å²) >= 11 is 0. The largest absolute Gasteiger partial charge is 0.382 e. The Morgan fingerprint density at radius 1 is 1.26 bits per heavy atom. The highest BCUT2D eigenvalue weighted by Gasteiger charge is 2.18. The van der Waals surface area contributed by atoms with E-state index in [2.05, 4.69) is 61.3 Å². The zero-order valence-electron chi connectivity index (χ0n) is 12.7. The van der Waals surface area contributed by atoms with E-state index in [9.17, 15) is 0 Å². The fourth-order valence-corrected chi connectivity index (χ4v) is 2.70. The molecule has 2 rings (SSSR count). The van der Waals surface area contributed by atoms with Crippen molar-refractivity contribution in [2.24, 2.45) is 0 Å². The van der Waals surface area contributed by atoms with Crippen molar-refractivity contribution in [1.29, 1.82) is 0 Å². The minimum atomic E-state index is 0.631. The predicted octanol–water partition coefficient (Wildman–Crippen LogP) is 2.96. The van der Waals surface area contributed by atoms with Gasteiger partial charge in [0.1, 0.15) is 0 Å². The predicted molar refractivity (Wildman–Crippen MR) is 84.3 cm³/mol. The van der Waals surface area contributed by atoms with Crippen LogP contribution in [0.15, 0.2) is 18.2 Å². The molecule has 0 aromatic heterocycles. The molecule has 1 N–H and O–H groups in total. The standard InChI is InChI=1S/C16H27N3/c1-5-19-10-8-14(9-11-19)17-16-7-6-15(18(3)4)12-13(16)2/h6-7,12,14,17H,5,8-11H2,1-4H3. The van der Waals surface area contributed by atoms with Crippen LogP contribution < -0.4 is 10.2 Å². The van der Waals surface area contributed by atoms with Gasteiger partial charge in [0.25, 0.3) is 0 Å². The number of piperidine rings is 1. The van der Waals surface area contributed by atoms with E-state index in [0.717, 1.165) is 0 Å². The van der Waals surface area contributed by atoms with Crippen molar-refractivity contribution in [1.82, 2.24) is 4.90 Å². The number of hydrogen-bond acceptors (Lipinski definition) is 3. The first-order valence-corrected chi connectivity index (χ1v) is 7.37. The van der Waals surface area contributed by atoms with E-state index in [4.69, 9.17) is 0 Å². The summed E-state index contributed by atoms with van der Waals surface area (Å²) in [7, 11) is 4.17. The molecule has 3 heteroatoms. The third-order valence-electron chi connectivity index (χ3n) is 4.12. The lowest BCUT2D eigenvalue weighted by molar-refractivity contribution is 0.229. The van der Waals surface area contributed by atoms with Gasteiger partial charge in [0.05, 0.1) is 0 Å². The second kappa shape index (κ2) is 6.29. The second-order valence-electron chi connectivity index (χ2n) is 5.75. The molecule has 3 nitrogen and oxygen atoms in total. The summed E-state index contributed by atoms with van der Waals surface area (Å²) in [5.74, 6) is 0. The molecule has 1 heterocycles. The van der Waals surface area contributed by atoms with Crippen LogP contribution >= 0.6 is 0 Å². The van der Waals surface area contributed by atoms with E-state index in [-0.39, 0.29) is 0 Å². The Morgan fingerprint density at radius 3 is 2.47 bits per heavy atom. The molecule has 1 aromatic rings. The second-order valence-corrected chi connectivity index (χ2v) is 5.75. The first-order valence-electron chi connectivity index (χ1n) is 7.37. The van der Waals surface area contributed by atoms with E-state index >= 15 is 0 Å². The van der Waals surface area contributed by atoms with Crippen molar-refractivity contribution >= 4 is 11.4 Å². The van der Waals surface area contributed by atoms with Gasteiger partial charge in [0.2, 0.25) is 0 Å². The van der Waals surface area contributed by atoms with E-state index < -0.39 is 0 Å². The van der Waals surface area contributed by atoms with Crippen LogP contribution in [0.5, 0.6) is 0 Å². The Bertz CT molecular complexity index is 406. The number of rotatable bonds is 4. The number of aryl methyl sites for hydroxylation is 1. The van der Waals surface area contributed by atoms with Gasteiger partial charge in [0, 0.05) is 44.6 Å². The Balaban J connectivity index is 1.96. The van der Waals surface area contributed by atoms with Gasteiger partial charge in [-0.25, -0.2) is 0 Å². The monoisotopic (exact) mass is 261 g/mol. The van der Waals surface area contributed by atoms with Gasteiger partial charge in [-0.05, 0) is 50.1 Å². The lowest BCUT2D eigenvalue weighted by Crippen LogP contribution is -2.38. The summed E-state index contributed by atoms with van der Waals surface area (Å²) in [6.45, 7) is 8.07. The third-order valence-corrected chi connectivity index (χ3v) is 4.12. The van der Waals surface area contributed by atoms with Gasteiger partial charge in [-0.1, -0.05) is 6.92 Å². The summed E-state index contributed by atoms with van der Waals surface area (Å²) in [6.07, 6.45) is 2.51. The average Bonchev–Trinajstić information content (AvgIpc) is 2.41. The summed E-state index contributed by atoms with van der Waals surface area (Å²) in [4.78, 5) is 4.68. The van der Waals surface area contributed by atoms with Crippen LogP contribution in [0, 0.1) is 6.92 Å². The molecule has 0 spiro atoms. The van der Waals surface area contributed by atoms with Gasteiger partial charge < -0.3 is 15.1 Å². The molecule has 1 fully saturated rings. The molecule has 0 amide bonds. The smallest absolute Gasteiger partial charge is 0.0373 e. The normalized spacial score (nSPS) is 17.5. The molecule has 0 unspecified atom stereocenters. The molecule has 0 bridgehead atoms. The van der Waals surface area contributed by atoms with Crippen molar-refractivity contribution < 1.29 is 0 Å². The SMILES string of the molecule is CCN1CCC(Nc2ccc(N(C)C)cc2C)CC1. The van der Waals surface area contributed by atoms with Crippen LogP contribution in [-0.4, -0.2) is 44.7 Å². The highest BCUT2D eigenvalue weighted by atomic mass is 15.1. The van der Waals surface area contributed by atoms with Crippen molar-refractivity contribution in [3.63, 3.8) is 0 Å². The van der Waals surface area contributed by atoms with Crippen LogP contribution in [-0.2, 0) is 0 Å². The molecule has 0 saturated carbocycles. The van der Waals surface area contributed by atoms with Gasteiger partial charge in [-0.3, -0.25) is 0 Å². The van der Waals surface area contributed by atoms with Crippen LogP contribution in [0.1, 0.15) is 25.3 Å². The van der Waals surface area contributed by atoms with Crippen LogP contribution in [0.2, 0.25) is 0 Å². The lowest BCUT2D eigenvalue weighted by Gasteiger charge is -2.32. The minimum Gasteiger partial charge on any atom is -0.382 e. The zero-order chi connectivity index (χ0) is 13.8. The molecule has 1 aliphatic rings. The Morgan fingerprint density at radius 2 is 1.95 bits per heavy atom. The number of anilines is 2. The number of nitrogens with one attached hydrogen (secondary N) is 1. The fourth-order valence-electron chi connectivity index (χ4n) is 2.70. The first-order chi connectivity index (χ1) is 9.10. The maximum atomic E-state index is 3.71. The quantitative estimate of drug-likeness (QED) is 0.899. The Labute approximate surface area is 117 Å². The van der Waals surface area contributed by atoms with Crippen LogP contribution in [0.4, 0.5) is 11.4 Å². The zero-order valence-corrected chi connectivity index (χ0v) is 12.7. The van der Waals surface area contributed by atoms with E-state index in [1.807, 2.05) is 0 Å². The molecular weight excluding hydrogens is 234 g/mol. The number of likely N-dealkylation sites (tertiary alicyclic amines) is 1. The van der Waals surface area contributed by atoms with Gasteiger partial charge in [-0.2, -0.15) is 0 Å². The molecule has 1 aliphatic heterocycles. The van der Waals surface area contributed by atoms with Gasteiger partial charge >= 0.3 is 0 Å². The van der Waals surface area contributed by atoms with Crippen LogP contribution in [0.25, 0.3) is 0 Å². The first kappa shape index (κ1) is 14.2. The van der Waals surface area contributed by atoms with E-state index in [0.29, 0.717) is 6.04 Å². The number of nitrogens with zero attached hydrogens (tertiary/aromatic N) is 2. The van der Waals surface area contributed by atoms with Crippen molar-refractivity contribution in [3.05, 3.63) is 23.8 Å². The van der Waals surface area contributed by atoms with E-state index in [1.165, 1.54) is 49.4 Å². The summed E-state index contributed by atoms with van der Waals surface area (Å²) < 4.78 is 0. The highest BCUT2D eigenvalue weighted by Crippen LogP contribution is 2.24. The molecule has 0 radical (unpaired) electrons. The van der Waals surface area contributed by atoms with Crippen molar-refractivity contribution in [3.8, 4) is 0 Å². The summed E-state index contributed by atoms with van der Waals surface area (Å²) in [5, 5.41) is 3.71. The summed E-state index contributed by atoms with van der Waals surface area (Å²) in [5.41, 5.74) is 3.90. The molecule has 106 valence electrons. The topological polar surface area (TPSA) is 18.5 Å². The molecular formula is C16H27N3. The number of hydrogen-bond donors (Lipinski definition) is 1.